The normalized spacial score (nSPS) is 21.4. The molecule has 1 saturated heterocycles. The molecule has 0 bridgehead atoms. The van der Waals surface area contributed by atoms with Gasteiger partial charge in [-0.3, -0.25) is 9.48 Å². The predicted molar refractivity (Wildman–Crippen MR) is 54.2 cm³/mol. The molecule has 1 aliphatic rings. The summed E-state index contributed by atoms with van der Waals surface area (Å²) in [5.41, 5.74) is 0.594. The average molecular weight is 259 g/mol. The third-order valence-electron chi connectivity index (χ3n) is 2.35. The molecular weight excluding hydrogens is 248 g/mol. The average Bonchev–Trinajstić information content (AvgIpc) is 2.75. The van der Waals surface area contributed by atoms with E-state index in [1.54, 1.807) is 17.9 Å². The maximum atomic E-state index is 11.9. The highest BCUT2D eigenvalue weighted by Gasteiger charge is 2.28. The van der Waals surface area contributed by atoms with E-state index in [0.717, 1.165) is 17.3 Å². The van der Waals surface area contributed by atoms with Crippen molar-refractivity contribution in [2.75, 3.05) is 6.61 Å². The molecule has 0 spiro atoms. The number of carbonyl (C=O) groups is 1. The van der Waals surface area contributed by atoms with Gasteiger partial charge in [0, 0.05) is 13.7 Å². The molecule has 0 radical (unpaired) electrons. The fourth-order valence-corrected chi connectivity index (χ4v) is 2.17. The van der Waals surface area contributed by atoms with Gasteiger partial charge < -0.3 is 4.74 Å². The number of ether oxygens (including phenoxy) is 1. The van der Waals surface area contributed by atoms with Gasteiger partial charge in [-0.05, 0) is 28.8 Å². The zero-order valence-corrected chi connectivity index (χ0v) is 9.45. The van der Waals surface area contributed by atoms with Crippen molar-refractivity contribution in [3.8, 4) is 0 Å². The summed E-state index contributed by atoms with van der Waals surface area (Å²) < 4.78 is 7.65. The van der Waals surface area contributed by atoms with Gasteiger partial charge in [0.25, 0.3) is 0 Å². The summed E-state index contributed by atoms with van der Waals surface area (Å²) in [7, 11) is 1.76. The summed E-state index contributed by atoms with van der Waals surface area (Å²) in [4.78, 5) is 11.9. The zero-order chi connectivity index (χ0) is 10.1. The van der Waals surface area contributed by atoms with Crippen LogP contribution >= 0.6 is 15.9 Å². The minimum Gasteiger partial charge on any atom is -0.370 e. The van der Waals surface area contributed by atoms with Crippen LogP contribution in [-0.2, 0) is 11.8 Å². The minimum atomic E-state index is -0.276. The van der Waals surface area contributed by atoms with Crippen LogP contribution in [0.25, 0.3) is 0 Å². The monoisotopic (exact) mass is 258 g/mol. The Bertz CT molecular complexity index is 336. The van der Waals surface area contributed by atoms with E-state index in [0.29, 0.717) is 12.3 Å². The van der Waals surface area contributed by atoms with Crippen LogP contribution in [0.15, 0.2) is 10.7 Å². The summed E-state index contributed by atoms with van der Waals surface area (Å²) >= 11 is 3.31. The number of nitrogens with zero attached hydrogens (tertiary/aromatic N) is 2. The SMILES string of the molecule is Cn1ncc(Br)c1C(=O)C1CCCO1. The standard InChI is InChI=1S/C9H11BrN2O2/c1-12-8(6(10)5-11-12)9(13)7-3-2-4-14-7/h5,7H,2-4H2,1H3. The largest absolute Gasteiger partial charge is 0.370 e. The number of ketones is 1. The number of aryl methyl sites for hydroxylation is 1. The van der Waals surface area contributed by atoms with Gasteiger partial charge in [0.15, 0.2) is 0 Å². The Labute approximate surface area is 90.4 Å². The quantitative estimate of drug-likeness (QED) is 0.757. The van der Waals surface area contributed by atoms with Crippen molar-refractivity contribution in [3.63, 3.8) is 0 Å². The van der Waals surface area contributed by atoms with Crippen LogP contribution in [0.3, 0.4) is 0 Å². The molecular formula is C9H11BrN2O2. The van der Waals surface area contributed by atoms with Gasteiger partial charge in [-0.1, -0.05) is 0 Å². The molecule has 1 aromatic rings. The highest BCUT2D eigenvalue weighted by molar-refractivity contribution is 9.10. The maximum absolute atomic E-state index is 11.9. The molecule has 14 heavy (non-hydrogen) atoms. The number of rotatable bonds is 2. The molecule has 2 heterocycles. The number of hydrogen-bond acceptors (Lipinski definition) is 3. The first-order valence-electron chi connectivity index (χ1n) is 4.53. The van der Waals surface area contributed by atoms with E-state index >= 15 is 0 Å². The van der Waals surface area contributed by atoms with Crippen LogP contribution < -0.4 is 0 Å². The van der Waals surface area contributed by atoms with Crippen molar-refractivity contribution >= 4 is 21.7 Å². The van der Waals surface area contributed by atoms with E-state index < -0.39 is 0 Å². The van der Waals surface area contributed by atoms with E-state index in [9.17, 15) is 4.79 Å². The van der Waals surface area contributed by atoms with Gasteiger partial charge in [0.1, 0.15) is 11.8 Å². The summed E-state index contributed by atoms with van der Waals surface area (Å²) in [5.74, 6) is 0.0226. The predicted octanol–water partition coefficient (Wildman–Crippen LogP) is 1.54. The van der Waals surface area contributed by atoms with E-state index in [2.05, 4.69) is 21.0 Å². The molecule has 1 aliphatic heterocycles. The lowest BCUT2D eigenvalue weighted by molar-refractivity contribution is 0.0632. The molecule has 2 rings (SSSR count). The molecule has 0 N–H and O–H groups in total. The van der Waals surface area contributed by atoms with Crippen molar-refractivity contribution < 1.29 is 9.53 Å². The van der Waals surface area contributed by atoms with Crippen LogP contribution in [0.4, 0.5) is 0 Å². The topological polar surface area (TPSA) is 44.1 Å². The number of halogens is 1. The van der Waals surface area contributed by atoms with E-state index in [1.165, 1.54) is 0 Å². The van der Waals surface area contributed by atoms with Crippen LogP contribution in [-0.4, -0.2) is 28.3 Å². The van der Waals surface area contributed by atoms with Crippen molar-refractivity contribution in [1.82, 2.24) is 9.78 Å². The van der Waals surface area contributed by atoms with Gasteiger partial charge in [-0.2, -0.15) is 5.10 Å². The number of carbonyl (C=O) groups excluding carboxylic acids is 1. The molecule has 1 fully saturated rings. The molecule has 0 amide bonds. The Morgan fingerprint density at radius 2 is 2.57 bits per heavy atom. The van der Waals surface area contributed by atoms with Gasteiger partial charge >= 0.3 is 0 Å². The molecule has 1 aromatic heterocycles. The first-order valence-corrected chi connectivity index (χ1v) is 5.33. The second kappa shape index (κ2) is 3.82. The fourth-order valence-electron chi connectivity index (χ4n) is 1.62. The fraction of sp³-hybridized carbons (Fsp3) is 0.556. The third-order valence-corrected chi connectivity index (χ3v) is 2.93. The smallest absolute Gasteiger partial charge is 0.210 e. The van der Waals surface area contributed by atoms with Gasteiger partial charge in [-0.15, -0.1) is 0 Å². The van der Waals surface area contributed by atoms with Gasteiger partial charge in [0.05, 0.1) is 10.7 Å². The van der Waals surface area contributed by atoms with Gasteiger partial charge in [0.2, 0.25) is 5.78 Å². The Morgan fingerprint density at radius 1 is 1.79 bits per heavy atom. The van der Waals surface area contributed by atoms with E-state index in [-0.39, 0.29) is 11.9 Å². The summed E-state index contributed by atoms with van der Waals surface area (Å²) in [6.45, 7) is 0.686. The highest BCUT2D eigenvalue weighted by atomic mass is 79.9. The molecule has 5 heteroatoms. The maximum Gasteiger partial charge on any atom is 0.210 e. The van der Waals surface area contributed by atoms with Crippen LogP contribution in [0.1, 0.15) is 23.3 Å². The first-order chi connectivity index (χ1) is 6.70. The Kier molecular flexibility index (Phi) is 2.69. The van der Waals surface area contributed by atoms with Gasteiger partial charge in [-0.25, -0.2) is 0 Å². The number of aromatic nitrogens is 2. The van der Waals surface area contributed by atoms with Crippen molar-refractivity contribution in [2.45, 2.75) is 18.9 Å². The molecule has 1 atom stereocenters. The summed E-state index contributed by atoms with van der Waals surface area (Å²) in [5, 5.41) is 4.00. The van der Waals surface area contributed by atoms with Crippen LogP contribution in [0.2, 0.25) is 0 Å². The van der Waals surface area contributed by atoms with Crippen molar-refractivity contribution in [1.29, 1.82) is 0 Å². The first kappa shape index (κ1) is 9.86. The highest BCUT2D eigenvalue weighted by Crippen LogP contribution is 2.22. The Morgan fingerprint density at radius 3 is 3.07 bits per heavy atom. The van der Waals surface area contributed by atoms with E-state index in [4.69, 9.17) is 4.74 Å². The zero-order valence-electron chi connectivity index (χ0n) is 7.86. The van der Waals surface area contributed by atoms with Crippen LogP contribution in [0, 0.1) is 0 Å². The van der Waals surface area contributed by atoms with E-state index in [1.807, 2.05) is 0 Å². The number of Topliss-reactive ketones (excluding diaryl/α,β-unsaturated/α-hetero) is 1. The molecule has 0 aliphatic carbocycles. The molecule has 1 unspecified atom stereocenters. The lowest BCUT2D eigenvalue weighted by atomic mass is 10.1. The molecule has 76 valence electrons. The molecule has 4 nitrogen and oxygen atoms in total. The lowest BCUT2D eigenvalue weighted by Gasteiger charge is -2.08. The second-order valence-electron chi connectivity index (χ2n) is 3.33. The summed E-state index contributed by atoms with van der Waals surface area (Å²) in [6.07, 6.45) is 3.13. The third kappa shape index (κ3) is 1.62. The number of hydrogen-bond donors (Lipinski definition) is 0. The molecule has 0 saturated carbocycles. The Balaban J connectivity index is 2.25. The van der Waals surface area contributed by atoms with Crippen molar-refractivity contribution in [3.05, 3.63) is 16.4 Å². The second-order valence-corrected chi connectivity index (χ2v) is 4.18. The molecule has 0 aromatic carbocycles. The lowest BCUT2D eigenvalue weighted by Crippen LogP contribution is -2.22. The van der Waals surface area contributed by atoms with Crippen LogP contribution in [0.5, 0.6) is 0 Å². The Hall–Kier alpha value is -0.680. The summed E-state index contributed by atoms with van der Waals surface area (Å²) in [6, 6.07) is 0. The van der Waals surface area contributed by atoms with Crippen molar-refractivity contribution in [2.24, 2.45) is 7.05 Å². The minimum absolute atomic E-state index is 0.0226.